The highest BCUT2D eigenvalue weighted by molar-refractivity contribution is 6.28. The van der Waals surface area contributed by atoms with E-state index in [-0.39, 0.29) is 10.8 Å². The third kappa shape index (κ3) is 4.98. The van der Waals surface area contributed by atoms with Gasteiger partial charge in [0.15, 0.2) is 0 Å². The van der Waals surface area contributed by atoms with Crippen LogP contribution in [0, 0.1) is 0 Å². The molecule has 0 heteroatoms. The highest BCUT2D eigenvalue weighted by atomic mass is 14.4. The van der Waals surface area contributed by atoms with Crippen LogP contribution in [0.15, 0.2) is 194 Å². The quantitative estimate of drug-likeness (QED) is 0.124. The van der Waals surface area contributed by atoms with E-state index < -0.39 is 0 Å². The van der Waals surface area contributed by atoms with Crippen LogP contribution in [0.2, 0.25) is 0 Å². The number of hydrogen-bond donors (Lipinski definition) is 0. The van der Waals surface area contributed by atoms with Gasteiger partial charge in [-0.05, 0) is 158 Å². The monoisotopic (exact) mass is 764 g/mol. The Morgan fingerprint density at radius 2 is 0.783 bits per heavy atom. The fraction of sp³-hybridized carbons (Fsp3) is 0.100. The average Bonchev–Trinajstić information content (AvgIpc) is 3.66. The predicted molar refractivity (Wildman–Crippen MR) is 256 cm³/mol. The molecule has 0 saturated carbocycles. The van der Waals surface area contributed by atoms with Gasteiger partial charge in [-0.25, -0.2) is 0 Å². The van der Waals surface area contributed by atoms with Gasteiger partial charge in [0, 0.05) is 10.8 Å². The molecule has 12 rings (SSSR count). The van der Waals surface area contributed by atoms with Crippen molar-refractivity contribution in [1.29, 1.82) is 0 Å². The van der Waals surface area contributed by atoms with Crippen LogP contribution in [0.25, 0.3) is 99.1 Å². The maximum atomic E-state index is 2.52. The first-order valence-electron chi connectivity index (χ1n) is 21.3. The summed E-state index contributed by atoms with van der Waals surface area (Å²) >= 11 is 0. The van der Waals surface area contributed by atoms with Gasteiger partial charge in [0.05, 0.1) is 0 Å². The molecule has 0 spiro atoms. The van der Waals surface area contributed by atoms with E-state index in [0.717, 1.165) is 0 Å². The highest BCUT2D eigenvalue weighted by Crippen LogP contribution is 2.57. The van der Waals surface area contributed by atoms with E-state index in [4.69, 9.17) is 0 Å². The molecule has 60 heavy (non-hydrogen) atoms. The van der Waals surface area contributed by atoms with Crippen LogP contribution < -0.4 is 0 Å². The zero-order chi connectivity index (χ0) is 40.3. The molecule has 0 nitrogen and oxygen atoms in total. The predicted octanol–water partition coefficient (Wildman–Crippen LogP) is 16.4. The van der Waals surface area contributed by atoms with Crippen molar-refractivity contribution in [3.8, 4) is 66.8 Å². The zero-order valence-electron chi connectivity index (χ0n) is 34.5. The van der Waals surface area contributed by atoms with Crippen molar-refractivity contribution in [2.75, 3.05) is 0 Å². The third-order valence-corrected chi connectivity index (χ3v) is 14.0. The average molecular weight is 765 g/mol. The fourth-order valence-electron chi connectivity index (χ4n) is 11.0. The summed E-state index contributed by atoms with van der Waals surface area (Å²) in [6.07, 6.45) is 0. The van der Waals surface area contributed by atoms with E-state index in [0.29, 0.717) is 0 Å². The molecule has 0 aromatic heterocycles. The van der Waals surface area contributed by atoms with E-state index in [1.807, 2.05) is 0 Å². The van der Waals surface area contributed by atoms with Gasteiger partial charge in [0.1, 0.15) is 0 Å². The Bertz CT molecular complexity index is 3400. The fourth-order valence-corrected chi connectivity index (χ4v) is 11.0. The molecule has 2 aliphatic rings. The second kappa shape index (κ2) is 12.7. The molecule has 10 aromatic carbocycles. The van der Waals surface area contributed by atoms with Crippen LogP contribution in [0.3, 0.4) is 0 Å². The molecule has 2 aliphatic carbocycles. The Labute approximate surface area is 352 Å². The van der Waals surface area contributed by atoms with Gasteiger partial charge < -0.3 is 0 Å². The number of rotatable bonds is 4. The minimum absolute atomic E-state index is 0.0406. The van der Waals surface area contributed by atoms with Crippen LogP contribution in [0.4, 0.5) is 0 Å². The zero-order valence-corrected chi connectivity index (χ0v) is 34.5. The van der Waals surface area contributed by atoms with E-state index in [2.05, 4.69) is 222 Å². The number of fused-ring (bicyclic) bond motifs is 10. The lowest BCUT2D eigenvalue weighted by atomic mass is 9.79. The summed E-state index contributed by atoms with van der Waals surface area (Å²) in [5, 5.41) is 7.62. The Morgan fingerprint density at radius 3 is 1.50 bits per heavy atom. The molecule has 0 saturated heterocycles. The molecule has 0 radical (unpaired) electrons. The molecule has 0 amide bonds. The molecule has 0 N–H and O–H groups in total. The van der Waals surface area contributed by atoms with Crippen molar-refractivity contribution in [3.05, 3.63) is 216 Å². The number of hydrogen-bond acceptors (Lipinski definition) is 0. The van der Waals surface area contributed by atoms with Gasteiger partial charge in [-0.15, -0.1) is 0 Å². The molecule has 284 valence electrons. The Balaban J connectivity index is 1.11. The second-order valence-electron chi connectivity index (χ2n) is 18.0. The minimum atomic E-state index is -0.157. The Morgan fingerprint density at radius 1 is 0.267 bits per heavy atom. The lowest BCUT2D eigenvalue weighted by Gasteiger charge is -2.24. The molecule has 0 bridgehead atoms. The number of benzene rings is 10. The van der Waals surface area contributed by atoms with Gasteiger partial charge >= 0.3 is 0 Å². The summed E-state index contributed by atoms with van der Waals surface area (Å²) in [6, 6.07) is 73.0. The van der Waals surface area contributed by atoms with Gasteiger partial charge in [0.25, 0.3) is 0 Å². The molecule has 10 aromatic rings. The Hall–Kier alpha value is -7.02. The summed E-state index contributed by atoms with van der Waals surface area (Å²) in [7, 11) is 0. The van der Waals surface area contributed by atoms with Gasteiger partial charge in [0.2, 0.25) is 0 Å². The summed E-state index contributed by atoms with van der Waals surface area (Å²) in [5.74, 6) is 0. The Kier molecular flexibility index (Phi) is 7.42. The first kappa shape index (κ1) is 35.0. The highest BCUT2D eigenvalue weighted by Gasteiger charge is 2.41. The first-order valence-corrected chi connectivity index (χ1v) is 21.3. The topological polar surface area (TPSA) is 0 Å². The molecule has 0 unspecified atom stereocenters. The van der Waals surface area contributed by atoms with Crippen LogP contribution in [-0.4, -0.2) is 0 Å². The molecule has 0 atom stereocenters. The van der Waals surface area contributed by atoms with E-state index in [1.54, 1.807) is 0 Å². The summed E-state index contributed by atoms with van der Waals surface area (Å²) in [6.45, 7) is 9.61. The van der Waals surface area contributed by atoms with E-state index in [9.17, 15) is 0 Å². The molecular formula is C60H44. The van der Waals surface area contributed by atoms with Crippen molar-refractivity contribution in [2.24, 2.45) is 0 Å². The van der Waals surface area contributed by atoms with Crippen molar-refractivity contribution in [1.82, 2.24) is 0 Å². The summed E-state index contributed by atoms with van der Waals surface area (Å²) in [4.78, 5) is 0. The summed E-state index contributed by atoms with van der Waals surface area (Å²) in [5.41, 5.74) is 20.9. The third-order valence-electron chi connectivity index (χ3n) is 14.0. The van der Waals surface area contributed by atoms with Gasteiger partial charge in [-0.3, -0.25) is 0 Å². The van der Waals surface area contributed by atoms with Crippen molar-refractivity contribution in [3.63, 3.8) is 0 Å². The van der Waals surface area contributed by atoms with Crippen molar-refractivity contribution < 1.29 is 0 Å². The standard InChI is InChI=1S/C60H44/c1-59(2)52-26-16-15-23-45(52)50-35-55-51(36-54(50)59)46-29-28-40(34-53(46)60(55,3)4)42-31-41(37-17-7-5-8-18-37)32-43(33-42)57-48-25-14-13-24-47(48)56(39-20-9-6-10-21-39)49-30-27-38-19-11-12-22-44(38)58(49)57/h5-36H,1-4H3. The van der Waals surface area contributed by atoms with Gasteiger partial charge in [-0.1, -0.05) is 185 Å². The molecular weight excluding hydrogens is 721 g/mol. The first-order chi connectivity index (χ1) is 29.3. The van der Waals surface area contributed by atoms with Crippen molar-refractivity contribution >= 4 is 32.3 Å². The normalized spacial score (nSPS) is 14.3. The summed E-state index contributed by atoms with van der Waals surface area (Å²) < 4.78 is 0. The van der Waals surface area contributed by atoms with Gasteiger partial charge in [-0.2, -0.15) is 0 Å². The molecule has 0 aliphatic heterocycles. The maximum Gasteiger partial charge on any atom is 0.0159 e. The SMILES string of the molecule is CC1(C)c2ccccc2-c2cc3c(cc21)-c1ccc(-c2cc(-c4ccccc4)cc(-c4c5ccccc5c(-c5ccccc5)c5ccc6ccccc6c45)c2)cc1C3(C)C. The molecule has 0 fully saturated rings. The smallest absolute Gasteiger partial charge is 0.0159 e. The van der Waals surface area contributed by atoms with Crippen molar-refractivity contribution in [2.45, 2.75) is 38.5 Å². The van der Waals surface area contributed by atoms with Crippen LogP contribution >= 0.6 is 0 Å². The maximum absolute atomic E-state index is 2.52. The van der Waals surface area contributed by atoms with Crippen LogP contribution in [-0.2, 0) is 10.8 Å². The largest absolute Gasteiger partial charge is 0.0622 e. The van der Waals surface area contributed by atoms with Crippen LogP contribution in [0.1, 0.15) is 49.9 Å². The van der Waals surface area contributed by atoms with E-state index >= 15 is 0 Å². The lowest BCUT2D eigenvalue weighted by molar-refractivity contribution is 0.652. The van der Waals surface area contributed by atoms with Crippen LogP contribution in [0.5, 0.6) is 0 Å². The van der Waals surface area contributed by atoms with E-state index in [1.165, 1.54) is 121 Å². The lowest BCUT2D eigenvalue weighted by Crippen LogP contribution is -2.17. The molecule has 0 heterocycles. The minimum Gasteiger partial charge on any atom is -0.0622 e. The second-order valence-corrected chi connectivity index (χ2v) is 18.0.